The van der Waals surface area contributed by atoms with Crippen LogP contribution in [0.4, 0.5) is 0 Å². The normalized spacial score (nSPS) is 10.6. The summed E-state index contributed by atoms with van der Waals surface area (Å²) in [6, 6.07) is 10.7. The number of nitrogens with one attached hydrogen (secondary N) is 1. The Morgan fingerprint density at radius 2 is 1.92 bits per heavy atom. The van der Waals surface area contributed by atoms with Crippen molar-refractivity contribution in [2.24, 2.45) is 5.10 Å². The van der Waals surface area contributed by atoms with E-state index in [9.17, 15) is 4.79 Å². The summed E-state index contributed by atoms with van der Waals surface area (Å²) >= 11 is 6.72. The number of carbonyl (C=O) groups is 1. The Labute approximate surface area is 162 Å². The van der Waals surface area contributed by atoms with Gasteiger partial charge in [0.15, 0.2) is 6.61 Å². The first-order chi connectivity index (χ1) is 12.0. The molecule has 0 spiro atoms. The Morgan fingerprint density at radius 3 is 2.60 bits per heavy atom. The predicted octanol–water partition coefficient (Wildman–Crippen LogP) is 3.76. The summed E-state index contributed by atoms with van der Waals surface area (Å²) in [7, 11) is 3.13. The van der Waals surface area contributed by atoms with Gasteiger partial charge in [0.25, 0.3) is 5.91 Å². The van der Waals surface area contributed by atoms with Crippen LogP contribution in [0.3, 0.4) is 0 Å². The maximum Gasteiger partial charge on any atom is 0.277 e. The molecular formula is C17H16Br2N2O4. The maximum atomic E-state index is 11.8. The van der Waals surface area contributed by atoms with Gasteiger partial charge < -0.3 is 14.2 Å². The standard InChI is InChI=1S/C17H16Br2N2O4/c1-23-13-5-3-11(16(8-13)24-2)9-20-21-17(22)10-25-15-6-4-12(18)7-14(15)19/h3-9H,10H2,1-2H3,(H,21,22)/b20-9+. The maximum absolute atomic E-state index is 11.8. The van der Waals surface area contributed by atoms with Crippen molar-refractivity contribution >= 4 is 44.0 Å². The number of hydrogen-bond donors (Lipinski definition) is 1. The molecule has 1 N–H and O–H groups in total. The Balaban J connectivity index is 1.90. The molecule has 0 aliphatic rings. The van der Waals surface area contributed by atoms with E-state index in [0.29, 0.717) is 22.8 Å². The van der Waals surface area contributed by atoms with Crippen molar-refractivity contribution < 1.29 is 19.0 Å². The summed E-state index contributed by atoms with van der Waals surface area (Å²) in [5.74, 6) is 1.46. The molecule has 0 radical (unpaired) electrons. The van der Waals surface area contributed by atoms with Gasteiger partial charge in [0.1, 0.15) is 17.2 Å². The highest BCUT2D eigenvalue weighted by atomic mass is 79.9. The van der Waals surface area contributed by atoms with E-state index >= 15 is 0 Å². The molecule has 1 amide bonds. The number of hydrogen-bond acceptors (Lipinski definition) is 5. The molecule has 0 atom stereocenters. The van der Waals surface area contributed by atoms with Gasteiger partial charge in [-0.1, -0.05) is 15.9 Å². The Hall–Kier alpha value is -2.06. The van der Waals surface area contributed by atoms with Crippen molar-refractivity contribution in [1.29, 1.82) is 0 Å². The van der Waals surface area contributed by atoms with Crippen molar-refractivity contribution in [3.05, 3.63) is 50.9 Å². The molecule has 2 aromatic rings. The van der Waals surface area contributed by atoms with Crippen molar-refractivity contribution in [1.82, 2.24) is 5.43 Å². The van der Waals surface area contributed by atoms with E-state index in [0.717, 1.165) is 8.95 Å². The monoisotopic (exact) mass is 470 g/mol. The molecule has 2 rings (SSSR count). The van der Waals surface area contributed by atoms with Crippen LogP contribution in [0.25, 0.3) is 0 Å². The molecule has 0 aliphatic heterocycles. The number of amides is 1. The molecule has 0 saturated carbocycles. The van der Waals surface area contributed by atoms with Crippen LogP contribution in [0, 0.1) is 0 Å². The lowest BCUT2D eigenvalue weighted by molar-refractivity contribution is -0.123. The van der Waals surface area contributed by atoms with Crippen LogP contribution in [0.2, 0.25) is 0 Å². The average molecular weight is 472 g/mol. The van der Waals surface area contributed by atoms with Crippen molar-refractivity contribution in [3.63, 3.8) is 0 Å². The smallest absolute Gasteiger partial charge is 0.277 e. The van der Waals surface area contributed by atoms with Gasteiger partial charge in [0, 0.05) is 16.1 Å². The zero-order valence-corrected chi connectivity index (χ0v) is 16.8. The number of halogens is 2. The van der Waals surface area contributed by atoms with E-state index in [-0.39, 0.29) is 12.5 Å². The lowest BCUT2D eigenvalue weighted by Crippen LogP contribution is -2.24. The van der Waals surface area contributed by atoms with Crippen LogP contribution in [0.15, 0.2) is 50.4 Å². The molecule has 132 valence electrons. The van der Waals surface area contributed by atoms with E-state index in [1.54, 1.807) is 38.5 Å². The molecule has 0 aliphatic carbocycles. The molecule has 2 aromatic carbocycles. The molecule has 0 bridgehead atoms. The summed E-state index contributed by atoms with van der Waals surface area (Å²) in [4.78, 5) is 11.8. The molecule has 8 heteroatoms. The van der Waals surface area contributed by atoms with Crippen molar-refractivity contribution in [2.75, 3.05) is 20.8 Å². The number of hydrazone groups is 1. The van der Waals surface area contributed by atoms with Gasteiger partial charge >= 0.3 is 0 Å². The molecule has 25 heavy (non-hydrogen) atoms. The van der Waals surface area contributed by atoms with E-state index in [1.165, 1.54) is 6.21 Å². The second kappa shape index (κ2) is 9.43. The molecule has 0 saturated heterocycles. The minimum Gasteiger partial charge on any atom is -0.497 e. The lowest BCUT2D eigenvalue weighted by Gasteiger charge is -2.08. The third-order valence-electron chi connectivity index (χ3n) is 3.09. The number of methoxy groups -OCH3 is 2. The first-order valence-corrected chi connectivity index (χ1v) is 8.74. The summed E-state index contributed by atoms with van der Waals surface area (Å²) in [5.41, 5.74) is 3.11. The lowest BCUT2D eigenvalue weighted by atomic mass is 10.2. The van der Waals surface area contributed by atoms with Crippen LogP contribution in [-0.4, -0.2) is 32.9 Å². The van der Waals surface area contributed by atoms with E-state index < -0.39 is 0 Å². The fourth-order valence-electron chi connectivity index (χ4n) is 1.87. The van der Waals surface area contributed by atoms with Crippen LogP contribution in [0.1, 0.15) is 5.56 Å². The van der Waals surface area contributed by atoms with Gasteiger partial charge in [0.05, 0.1) is 24.9 Å². The Kier molecular flexibility index (Phi) is 7.27. The number of nitrogens with zero attached hydrogens (tertiary/aromatic N) is 1. The average Bonchev–Trinajstić information content (AvgIpc) is 2.61. The SMILES string of the molecule is COc1ccc(/C=N/NC(=O)COc2ccc(Br)cc2Br)c(OC)c1. The van der Waals surface area contributed by atoms with Gasteiger partial charge in [-0.2, -0.15) is 5.10 Å². The fraction of sp³-hybridized carbons (Fsp3) is 0.176. The first-order valence-electron chi connectivity index (χ1n) is 7.15. The predicted molar refractivity (Wildman–Crippen MR) is 103 cm³/mol. The topological polar surface area (TPSA) is 69.2 Å². The quantitative estimate of drug-likeness (QED) is 0.493. The first kappa shape index (κ1) is 19.3. The molecule has 0 aromatic heterocycles. The van der Waals surface area contributed by atoms with Crippen LogP contribution in [0.5, 0.6) is 17.2 Å². The van der Waals surface area contributed by atoms with E-state index in [2.05, 4.69) is 42.4 Å². The molecule has 6 nitrogen and oxygen atoms in total. The van der Waals surface area contributed by atoms with Crippen molar-refractivity contribution in [3.8, 4) is 17.2 Å². The number of ether oxygens (including phenoxy) is 3. The summed E-state index contributed by atoms with van der Waals surface area (Å²) < 4.78 is 17.5. The highest BCUT2D eigenvalue weighted by Crippen LogP contribution is 2.28. The summed E-state index contributed by atoms with van der Waals surface area (Å²) in [6.07, 6.45) is 1.49. The van der Waals surface area contributed by atoms with Gasteiger partial charge in [-0.3, -0.25) is 4.79 Å². The number of rotatable bonds is 7. The van der Waals surface area contributed by atoms with Gasteiger partial charge in [-0.25, -0.2) is 5.43 Å². The number of carbonyl (C=O) groups excluding carboxylic acids is 1. The second-order valence-electron chi connectivity index (χ2n) is 4.76. The van der Waals surface area contributed by atoms with Gasteiger partial charge in [-0.15, -0.1) is 0 Å². The third kappa shape index (κ3) is 5.75. The highest BCUT2D eigenvalue weighted by molar-refractivity contribution is 9.11. The zero-order chi connectivity index (χ0) is 18.2. The third-order valence-corrected chi connectivity index (χ3v) is 4.20. The molecule has 0 unspecified atom stereocenters. The summed E-state index contributed by atoms with van der Waals surface area (Å²) in [6.45, 7) is -0.155. The minimum absolute atomic E-state index is 0.155. The fourth-order valence-corrected chi connectivity index (χ4v) is 3.03. The van der Waals surface area contributed by atoms with Crippen LogP contribution in [-0.2, 0) is 4.79 Å². The van der Waals surface area contributed by atoms with Crippen molar-refractivity contribution in [2.45, 2.75) is 0 Å². The summed E-state index contributed by atoms with van der Waals surface area (Å²) in [5, 5.41) is 3.91. The van der Waals surface area contributed by atoms with Gasteiger partial charge in [0.2, 0.25) is 0 Å². The second-order valence-corrected chi connectivity index (χ2v) is 6.53. The van der Waals surface area contributed by atoms with Crippen LogP contribution < -0.4 is 19.6 Å². The van der Waals surface area contributed by atoms with E-state index in [4.69, 9.17) is 14.2 Å². The molecular weight excluding hydrogens is 456 g/mol. The Bertz CT molecular complexity index is 781. The zero-order valence-electron chi connectivity index (χ0n) is 13.6. The minimum atomic E-state index is -0.376. The molecule has 0 heterocycles. The van der Waals surface area contributed by atoms with E-state index in [1.807, 2.05) is 12.1 Å². The Morgan fingerprint density at radius 1 is 1.12 bits per heavy atom. The highest BCUT2D eigenvalue weighted by Gasteiger charge is 2.06. The van der Waals surface area contributed by atoms with Crippen LogP contribution >= 0.6 is 31.9 Å². The largest absolute Gasteiger partial charge is 0.497 e. The number of benzene rings is 2. The van der Waals surface area contributed by atoms with Gasteiger partial charge in [-0.05, 0) is 46.3 Å². The molecule has 0 fully saturated rings.